The van der Waals surface area contributed by atoms with Crippen molar-refractivity contribution in [2.45, 2.75) is 13.8 Å². The smallest absolute Gasteiger partial charge is 0.231 e. The maximum atomic E-state index is 5.43. The minimum Gasteiger partial charge on any atom is -0.495 e. The number of nitrogens with one attached hydrogen (secondary N) is 3. The molecular formula is C23H23N7OS2. The van der Waals surface area contributed by atoms with Crippen LogP contribution in [0.1, 0.15) is 23.6 Å². The van der Waals surface area contributed by atoms with Crippen molar-refractivity contribution in [1.29, 1.82) is 0 Å². The highest BCUT2D eigenvalue weighted by Crippen LogP contribution is 2.27. The second-order valence-corrected chi connectivity index (χ2v) is 8.76. The van der Waals surface area contributed by atoms with E-state index >= 15 is 0 Å². The van der Waals surface area contributed by atoms with Gasteiger partial charge in [-0.25, -0.2) is 0 Å². The van der Waals surface area contributed by atoms with Crippen molar-refractivity contribution in [1.82, 2.24) is 9.97 Å². The molecule has 0 amide bonds. The first-order valence-electron chi connectivity index (χ1n) is 10.1. The number of aromatic nitrogens is 2. The van der Waals surface area contributed by atoms with Gasteiger partial charge in [-0.1, -0.05) is 24.3 Å². The van der Waals surface area contributed by atoms with E-state index in [1.807, 2.05) is 73.1 Å². The second kappa shape index (κ2) is 10.7. The number of methoxy groups -OCH3 is 1. The number of para-hydroxylation sites is 2. The third-order valence-corrected chi connectivity index (χ3v) is 6.47. The lowest BCUT2D eigenvalue weighted by atomic mass is 10.3. The van der Waals surface area contributed by atoms with Crippen LogP contribution < -0.4 is 20.9 Å². The third kappa shape index (κ3) is 5.93. The summed E-state index contributed by atoms with van der Waals surface area (Å²) >= 11 is 3.26. The molecule has 1 aromatic carbocycles. The van der Waals surface area contributed by atoms with Crippen LogP contribution >= 0.6 is 22.7 Å². The molecule has 33 heavy (non-hydrogen) atoms. The summed E-state index contributed by atoms with van der Waals surface area (Å²) in [5.74, 6) is 2.10. The lowest BCUT2D eigenvalue weighted by Gasteiger charge is -2.12. The molecule has 0 radical (unpaired) electrons. The molecule has 0 saturated carbocycles. The Bertz CT molecular complexity index is 1180. The molecule has 0 spiro atoms. The minimum absolute atomic E-state index is 0.375. The molecule has 8 nitrogen and oxygen atoms in total. The molecule has 0 atom stereocenters. The highest BCUT2D eigenvalue weighted by molar-refractivity contribution is 7.12. The SMILES string of the molecule is COc1ccccc1Nc1nc(NN=C(C)c2cccs2)cc(NN=C(C)c2cccs2)n1. The normalized spacial score (nSPS) is 11.8. The van der Waals surface area contributed by atoms with E-state index in [1.54, 1.807) is 35.8 Å². The Morgan fingerprint density at radius 3 is 1.91 bits per heavy atom. The van der Waals surface area contributed by atoms with Crippen LogP contribution in [0.15, 0.2) is 75.6 Å². The predicted molar refractivity (Wildman–Crippen MR) is 139 cm³/mol. The number of nitrogens with zero attached hydrogens (tertiary/aromatic N) is 4. The van der Waals surface area contributed by atoms with Crippen molar-refractivity contribution < 1.29 is 4.74 Å². The van der Waals surface area contributed by atoms with E-state index in [4.69, 9.17) is 4.74 Å². The number of hydrogen-bond donors (Lipinski definition) is 3. The van der Waals surface area contributed by atoms with Crippen LogP contribution in [-0.4, -0.2) is 28.5 Å². The first-order chi connectivity index (χ1) is 16.1. The van der Waals surface area contributed by atoms with Gasteiger partial charge >= 0.3 is 0 Å². The van der Waals surface area contributed by atoms with Gasteiger partial charge in [-0.05, 0) is 48.9 Å². The molecule has 0 aliphatic carbocycles. The van der Waals surface area contributed by atoms with Gasteiger partial charge in [0.1, 0.15) is 5.75 Å². The molecule has 3 aromatic heterocycles. The Morgan fingerprint density at radius 2 is 1.39 bits per heavy atom. The molecule has 0 saturated heterocycles. The molecule has 168 valence electrons. The van der Waals surface area contributed by atoms with Crippen LogP contribution in [0.5, 0.6) is 5.75 Å². The number of hydrazone groups is 2. The van der Waals surface area contributed by atoms with Crippen molar-refractivity contribution in [2.75, 3.05) is 23.3 Å². The van der Waals surface area contributed by atoms with Crippen LogP contribution in [-0.2, 0) is 0 Å². The van der Waals surface area contributed by atoms with Gasteiger partial charge in [0.2, 0.25) is 5.95 Å². The Labute approximate surface area is 200 Å². The van der Waals surface area contributed by atoms with Gasteiger partial charge in [0.25, 0.3) is 0 Å². The molecule has 0 aliphatic heterocycles. The zero-order valence-electron chi connectivity index (χ0n) is 18.4. The van der Waals surface area contributed by atoms with E-state index in [0.29, 0.717) is 23.3 Å². The third-order valence-electron chi connectivity index (χ3n) is 4.51. The Hall–Kier alpha value is -3.76. The maximum absolute atomic E-state index is 5.43. The number of rotatable bonds is 9. The van der Waals surface area contributed by atoms with E-state index in [0.717, 1.165) is 26.9 Å². The summed E-state index contributed by atoms with van der Waals surface area (Å²) in [5.41, 5.74) is 8.54. The van der Waals surface area contributed by atoms with Crippen LogP contribution in [0.4, 0.5) is 23.3 Å². The summed E-state index contributed by atoms with van der Waals surface area (Å²) in [6.45, 7) is 3.89. The van der Waals surface area contributed by atoms with E-state index in [2.05, 4.69) is 36.3 Å². The molecule has 4 rings (SSSR count). The number of benzene rings is 1. The topological polar surface area (TPSA) is 95.8 Å². The monoisotopic (exact) mass is 477 g/mol. The Kier molecular flexibility index (Phi) is 7.28. The predicted octanol–water partition coefficient (Wildman–Crippen LogP) is 6.02. The van der Waals surface area contributed by atoms with Gasteiger partial charge in [-0.15, -0.1) is 22.7 Å². The van der Waals surface area contributed by atoms with Gasteiger partial charge in [0, 0.05) is 15.8 Å². The van der Waals surface area contributed by atoms with Crippen LogP contribution in [0, 0.1) is 0 Å². The summed E-state index contributed by atoms with van der Waals surface area (Å²) in [7, 11) is 1.62. The highest BCUT2D eigenvalue weighted by atomic mass is 32.1. The van der Waals surface area contributed by atoms with Crippen LogP contribution in [0.3, 0.4) is 0 Å². The fraction of sp³-hybridized carbons (Fsp3) is 0.130. The molecule has 0 bridgehead atoms. The molecular weight excluding hydrogens is 454 g/mol. The van der Waals surface area contributed by atoms with Crippen molar-refractivity contribution in [3.05, 3.63) is 75.1 Å². The zero-order valence-corrected chi connectivity index (χ0v) is 20.0. The van der Waals surface area contributed by atoms with Gasteiger partial charge in [-0.3, -0.25) is 10.9 Å². The molecule has 10 heteroatoms. The molecule has 0 fully saturated rings. The van der Waals surface area contributed by atoms with Gasteiger partial charge in [0.05, 0.1) is 24.2 Å². The molecule has 3 N–H and O–H groups in total. The van der Waals surface area contributed by atoms with Gasteiger partial charge in [-0.2, -0.15) is 20.2 Å². The quantitative estimate of drug-likeness (QED) is 0.201. The Morgan fingerprint density at radius 1 is 0.818 bits per heavy atom. The van der Waals surface area contributed by atoms with Crippen molar-refractivity contribution >= 4 is 57.4 Å². The summed E-state index contributed by atoms with van der Waals surface area (Å²) in [6.07, 6.45) is 0. The van der Waals surface area contributed by atoms with Crippen molar-refractivity contribution in [3.8, 4) is 5.75 Å². The molecule has 3 heterocycles. The molecule has 0 unspecified atom stereocenters. The summed E-state index contributed by atoms with van der Waals surface area (Å²) in [5, 5.41) is 16.2. The second-order valence-electron chi connectivity index (χ2n) is 6.86. The summed E-state index contributed by atoms with van der Waals surface area (Å²) in [4.78, 5) is 11.3. The van der Waals surface area contributed by atoms with Crippen LogP contribution in [0.2, 0.25) is 0 Å². The number of thiophene rings is 2. The first kappa shape index (κ1) is 22.4. The fourth-order valence-electron chi connectivity index (χ4n) is 2.85. The Balaban J connectivity index is 1.61. The van der Waals surface area contributed by atoms with Gasteiger partial charge < -0.3 is 10.1 Å². The lowest BCUT2D eigenvalue weighted by molar-refractivity contribution is 0.417. The fourth-order valence-corrected chi connectivity index (χ4v) is 4.20. The van der Waals surface area contributed by atoms with Crippen molar-refractivity contribution in [2.24, 2.45) is 10.2 Å². The minimum atomic E-state index is 0.375. The van der Waals surface area contributed by atoms with Gasteiger partial charge in [0.15, 0.2) is 11.6 Å². The van der Waals surface area contributed by atoms with E-state index in [9.17, 15) is 0 Å². The molecule has 0 aliphatic rings. The number of hydrogen-bond acceptors (Lipinski definition) is 10. The zero-order chi connectivity index (χ0) is 23.0. The first-order valence-corrected chi connectivity index (χ1v) is 11.9. The molecule has 4 aromatic rings. The van der Waals surface area contributed by atoms with E-state index in [-0.39, 0.29) is 0 Å². The largest absolute Gasteiger partial charge is 0.495 e. The average molecular weight is 478 g/mol. The van der Waals surface area contributed by atoms with E-state index in [1.165, 1.54) is 0 Å². The summed E-state index contributed by atoms with van der Waals surface area (Å²) in [6, 6.07) is 17.4. The standard InChI is InChI=1S/C23H23N7OS2/c1-15(19-10-6-12-32-19)27-29-21-14-22(30-28-16(2)20-11-7-13-33-20)26-23(25-21)24-17-8-4-5-9-18(17)31-3/h4-14H,1-3H3,(H3,24,25,26,29,30). The van der Waals surface area contributed by atoms with E-state index < -0.39 is 0 Å². The van der Waals surface area contributed by atoms with Crippen molar-refractivity contribution in [3.63, 3.8) is 0 Å². The average Bonchev–Trinajstić information content (AvgIpc) is 3.56. The number of ether oxygens (including phenoxy) is 1. The highest BCUT2D eigenvalue weighted by Gasteiger charge is 2.09. The maximum Gasteiger partial charge on any atom is 0.231 e. The van der Waals surface area contributed by atoms with Crippen LogP contribution in [0.25, 0.3) is 0 Å². The lowest BCUT2D eigenvalue weighted by Crippen LogP contribution is -2.06. The number of anilines is 4. The summed E-state index contributed by atoms with van der Waals surface area (Å²) < 4.78 is 5.43.